The number of carbonyl (C=O) groups excluding carboxylic acids is 1. The lowest BCUT2D eigenvalue weighted by atomic mass is 10.00. The van der Waals surface area contributed by atoms with E-state index >= 15 is 0 Å². The van der Waals surface area contributed by atoms with Crippen molar-refractivity contribution in [1.29, 1.82) is 0 Å². The molecule has 0 radical (unpaired) electrons. The largest absolute Gasteiger partial charge is 0.416 e. The Morgan fingerprint density at radius 2 is 1.91 bits per heavy atom. The number of para-hydroxylation sites is 1. The van der Waals surface area contributed by atoms with E-state index in [1.165, 1.54) is 18.3 Å². The van der Waals surface area contributed by atoms with Crippen molar-refractivity contribution in [3.8, 4) is 11.1 Å². The van der Waals surface area contributed by atoms with Crippen LogP contribution in [0, 0.1) is 6.92 Å². The number of hydrogen-bond acceptors (Lipinski definition) is 5. The van der Waals surface area contributed by atoms with E-state index in [0.29, 0.717) is 25.2 Å². The molecule has 8 nitrogen and oxygen atoms in total. The quantitative estimate of drug-likeness (QED) is 0.317. The second-order valence-corrected chi connectivity index (χ2v) is 7.55. The van der Waals surface area contributed by atoms with E-state index < -0.39 is 23.3 Å². The Labute approximate surface area is 193 Å². The highest BCUT2D eigenvalue weighted by Gasteiger charge is 2.33. The highest BCUT2D eigenvalue weighted by molar-refractivity contribution is 5.99. The molecule has 0 unspecified atom stereocenters. The monoisotopic (exact) mass is 474 g/mol. The molecule has 2 amide bonds. The van der Waals surface area contributed by atoms with Crippen LogP contribution in [0.15, 0.2) is 53.5 Å². The number of H-pyrrole nitrogens is 1. The first-order valence-corrected chi connectivity index (χ1v) is 10.5. The summed E-state index contributed by atoms with van der Waals surface area (Å²) in [4.78, 5) is 31.1. The third-order valence-electron chi connectivity index (χ3n) is 5.02. The molecule has 6 N–H and O–H groups in total. The molecule has 0 spiro atoms. The van der Waals surface area contributed by atoms with Gasteiger partial charge in [0.2, 0.25) is 5.95 Å². The van der Waals surface area contributed by atoms with Crippen molar-refractivity contribution in [2.24, 2.45) is 5.73 Å². The molecule has 0 aliphatic carbocycles. The lowest BCUT2D eigenvalue weighted by Gasteiger charge is -2.15. The van der Waals surface area contributed by atoms with Gasteiger partial charge in [0.05, 0.1) is 11.1 Å². The summed E-state index contributed by atoms with van der Waals surface area (Å²) in [5.41, 5.74) is 5.25. The van der Waals surface area contributed by atoms with Crippen LogP contribution in [0.25, 0.3) is 11.1 Å². The first-order chi connectivity index (χ1) is 16.2. The Morgan fingerprint density at radius 3 is 2.59 bits per heavy atom. The molecule has 0 saturated heterocycles. The number of amides is 2. The van der Waals surface area contributed by atoms with Crippen LogP contribution in [0.3, 0.4) is 0 Å². The molecule has 1 aromatic heterocycles. The van der Waals surface area contributed by atoms with E-state index in [4.69, 9.17) is 5.73 Å². The summed E-state index contributed by atoms with van der Waals surface area (Å²) in [7, 11) is 0. The smallest absolute Gasteiger partial charge is 0.331 e. The van der Waals surface area contributed by atoms with Gasteiger partial charge < -0.3 is 21.4 Å². The summed E-state index contributed by atoms with van der Waals surface area (Å²) < 4.78 is 40.9. The molecule has 11 heteroatoms. The topological polar surface area (TPSA) is 125 Å². The Kier molecular flexibility index (Phi) is 8.03. The fourth-order valence-corrected chi connectivity index (χ4v) is 3.25. The van der Waals surface area contributed by atoms with Gasteiger partial charge in [0.1, 0.15) is 0 Å². The van der Waals surface area contributed by atoms with Crippen LogP contribution < -0.4 is 27.2 Å². The zero-order valence-corrected chi connectivity index (χ0v) is 18.4. The Hall–Kier alpha value is -3.70. The van der Waals surface area contributed by atoms with Gasteiger partial charge in [-0.1, -0.05) is 30.3 Å². The second-order valence-electron chi connectivity index (χ2n) is 7.55. The lowest BCUT2D eigenvalue weighted by Crippen LogP contribution is -2.24. The highest BCUT2D eigenvalue weighted by atomic mass is 19.4. The number of nitrogens with one attached hydrogen (secondary N) is 4. The van der Waals surface area contributed by atoms with Gasteiger partial charge in [0.25, 0.3) is 5.56 Å². The number of nitrogens with zero attached hydrogens (tertiary/aromatic N) is 1. The van der Waals surface area contributed by atoms with Crippen LogP contribution in [-0.2, 0) is 12.7 Å². The van der Waals surface area contributed by atoms with Crippen LogP contribution >= 0.6 is 0 Å². The molecule has 0 aliphatic rings. The van der Waals surface area contributed by atoms with Gasteiger partial charge in [-0.25, -0.2) is 4.79 Å². The zero-order valence-electron chi connectivity index (χ0n) is 18.4. The molecular formula is C23H25F3N6O2. The van der Waals surface area contributed by atoms with E-state index in [0.717, 1.165) is 11.6 Å². The number of rotatable bonds is 8. The first kappa shape index (κ1) is 24.9. The van der Waals surface area contributed by atoms with Crippen molar-refractivity contribution >= 4 is 17.7 Å². The number of hydrogen-bond donors (Lipinski definition) is 5. The summed E-state index contributed by atoms with van der Waals surface area (Å²) in [6.45, 7) is 2.76. The second kappa shape index (κ2) is 10.9. The van der Waals surface area contributed by atoms with Gasteiger partial charge in [-0.05, 0) is 55.3 Å². The van der Waals surface area contributed by atoms with E-state index in [-0.39, 0.29) is 29.2 Å². The van der Waals surface area contributed by atoms with Crippen LogP contribution in [0.1, 0.15) is 23.1 Å². The van der Waals surface area contributed by atoms with Crippen molar-refractivity contribution in [3.05, 3.63) is 75.7 Å². The fraction of sp³-hybridized carbons (Fsp3) is 0.261. The van der Waals surface area contributed by atoms with Crippen molar-refractivity contribution in [3.63, 3.8) is 0 Å². The lowest BCUT2D eigenvalue weighted by molar-refractivity contribution is -0.138. The molecule has 1 heterocycles. The third-order valence-corrected chi connectivity index (χ3v) is 5.02. The van der Waals surface area contributed by atoms with Gasteiger partial charge in [-0.3, -0.25) is 10.1 Å². The minimum atomic E-state index is -4.60. The molecule has 2 aromatic carbocycles. The normalized spacial score (nSPS) is 11.3. The molecule has 0 atom stereocenters. The van der Waals surface area contributed by atoms with E-state index in [1.807, 2.05) is 19.1 Å². The van der Waals surface area contributed by atoms with E-state index in [2.05, 4.69) is 25.9 Å². The van der Waals surface area contributed by atoms with Gasteiger partial charge in [-0.2, -0.15) is 18.2 Å². The van der Waals surface area contributed by atoms with Gasteiger partial charge >= 0.3 is 12.2 Å². The Balaban J connectivity index is 1.78. The summed E-state index contributed by atoms with van der Waals surface area (Å²) in [5.74, 6) is -0.142. The zero-order chi connectivity index (χ0) is 24.7. The van der Waals surface area contributed by atoms with Gasteiger partial charge in [0.15, 0.2) is 0 Å². The standard InChI is InChI=1S/C23H25F3N6O2/c1-14-5-2-3-6-19(14)30-22(34)32-21-29-13-17(20(33)31-21)15-7-8-16(12-28-10-4-9-27)18(11-15)23(24,25)26/h2-3,5-8,11,13,28H,4,9-10,12,27H2,1H3,(H3,29,30,31,32,33,34). The van der Waals surface area contributed by atoms with Crippen molar-refractivity contribution in [1.82, 2.24) is 15.3 Å². The van der Waals surface area contributed by atoms with Crippen LogP contribution in [0.2, 0.25) is 0 Å². The SMILES string of the molecule is Cc1ccccc1NC(=O)Nc1nc(=O)c(-c2ccc(CNCCCN)c(C(F)(F)F)c2)c[nH]1. The van der Waals surface area contributed by atoms with Crippen LogP contribution in [0.4, 0.5) is 29.6 Å². The fourth-order valence-electron chi connectivity index (χ4n) is 3.25. The Morgan fingerprint density at radius 1 is 1.15 bits per heavy atom. The first-order valence-electron chi connectivity index (χ1n) is 10.5. The number of nitrogens with two attached hydrogens (primary N) is 1. The average molecular weight is 474 g/mol. The maximum Gasteiger partial charge on any atom is 0.416 e. The summed E-state index contributed by atoms with van der Waals surface area (Å²) in [6.07, 6.45) is -2.74. The average Bonchev–Trinajstić information content (AvgIpc) is 2.78. The number of benzene rings is 2. The summed E-state index contributed by atoms with van der Waals surface area (Å²) >= 11 is 0. The predicted molar refractivity (Wildman–Crippen MR) is 124 cm³/mol. The number of carbonyl (C=O) groups is 1. The number of aromatic amines is 1. The third kappa shape index (κ3) is 6.42. The summed E-state index contributed by atoms with van der Waals surface area (Å²) in [5, 5.41) is 7.96. The predicted octanol–water partition coefficient (Wildman–Crippen LogP) is 3.85. The number of aryl methyl sites for hydroxylation is 1. The van der Waals surface area contributed by atoms with Crippen molar-refractivity contribution in [2.45, 2.75) is 26.1 Å². The molecular weight excluding hydrogens is 449 g/mol. The van der Waals surface area contributed by atoms with E-state index in [1.54, 1.807) is 12.1 Å². The van der Waals surface area contributed by atoms with Crippen LogP contribution in [-0.4, -0.2) is 29.1 Å². The number of halogens is 3. The molecule has 0 aliphatic heterocycles. The molecule has 180 valence electrons. The molecule has 34 heavy (non-hydrogen) atoms. The van der Waals surface area contributed by atoms with Crippen molar-refractivity contribution in [2.75, 3.05) is 23.7 Å². The molecule has 3 rings (SSSR count). The van der Waals surface area contributed by atoms with Gasteiger partial charge in [0, 0.05) is 18.4 Å². The minimum absolute atomic E-state index is 0.0165. The molecule has 3 aromatic rings. The van der Waals surface area contributed by atoms with Gasteiger partial charge in [-0.15, -0.1) is 0 Å². The number of alkyl halides is 3. The summed E-state index contributed by atoms with van der Waals surface area (Å²) in [6, 6.07) is 10.2. The van der Waals surface area contributed by atoms with E-state index in [9.17, 15) is 22.8 Å². The molecule has 0 saturated carbocycles. The maximum absolute atomic E-state index is 13.6. The minimum Gasteiger partial charge on any atom is -0.331 e. The molecule has 0 bridgehead atoms. The van der Waals surface area contributed by atoms with Crippen molar-refractivity contribution < 1.29 is 18.0 Å². The molecule has 0 fully saturated rings. The highest BCUT2D eigenvalue weighted by Crippen LogP contribution is 2.34. The maximum atomic E-state index is 13.6. The van der Waals surface area contributed by atoms with Crippen LogP contribution in [0.5, 0.6) is 0 Å². The number of urea groups is 1. The number of aromatic nitrogens is 2. The Bertz CT molecular complexity index is 1210. The number of anilines is 2.